The first-order chi connectivity index (χ1) is 9.06. The van der Waals surface area contributed by atoms with Crippen molar-refractivity contribution >= 4 is 27.7 Å². The summed E-state index contributed by atoms with van der Waals surface area (Å²) in [6.07, 6.45) is 1.50. The maximum atomic E-state index is 12.2. The standard InChI is InChI=1S/C14H14BrN3O/c1-18(9-10-2-5-12(15)6-3-10)14(19)11-4-7-13(16)17-8-11/h2-8H,9H2,1H3,(H2,16,17). The molecule has 1 amide bonds. The first kappa shape index (κ1) is 13.5. The van der Waals surface area contributed by atoms with Crippen molar-refractivity contribution < 1.29 is 4.79 Å². The Balaban J connectivity index is 2.07. The quantitative estimate of drug-likeness (QED) is 0.946. The lowest BCUT2D eigenvalue weighted by Crippen LogP contribution is -2.26. The van der Waals surface area contributed by atoms with Gasteiger partial charge in [0.05, 0.1) is 5.56 Å². The summed E-state index contributed by atoms with van der Waals surface area (Å²) >= 11 is 3.38. The Morgan fingerprint density at radius 1 is 1.26 bits per heavy atom. The first-order valence-electron chi connectivity index (χ1n) is 5.77. The van der Waals surface area contributed by atoms with Crippen molar-refractivity contribution in [3.8, 4) is 0 Å². The molecule has 2 aromatic rings. The van der Waals surface area contributed by atoms with Crippen LogP contribution < -0.4 is 5.73 Å². The zero-order valence-corrected chi connectivity index (χ0v) is 12.1. The summed E-state index contributed by atoms with van der Waals surface area (Å²) in [5.41, 5.74) is 7.11. The van der Waals surface area contributed by atoms with E-state index in [9.17, 15) is 4.79 Å². The number of nitrogen functional groups attached to an aromatic ring is 1. The molecule has 19 heavy (non-hydrogen) atoms. The third-order valence-corrected chi connectivity index (χ3v) is 3.24. The minimum atomic E-state index is -0.0737. The van der Waals surface area contributed by atoms with Crippen LogP contribution in [0.2, 0.25) is 0 Å². The normalized spacial score (nSPS) is 10.2. The molecule has 0 saturated carbocycles. The van der Waals surface area contributed by atoms with Crippen LogP contribution in [-0.2, 0) is 6.54 Å². The number of carbonyl (C=O) groups is 1. The molecule has 0 unspecified atom stereocenters. The highest BCUT2D eigenvalue weighted by Gasteiger charge is 2.12. The zero-order chi connectivity index (χ0) is 13.8. The van der Waals surface area contributed by atoms with Crippen LogP contribution in [0, 0.1) is 0 Å². The van der Waals surface area contributed by atoms with Gasteiger partial charge in [0, 0.05) is 24.3 Å². The van der Waals surface area contributed by atoms with Gasteiger partial charge in [-0.05, 0) is 29.8 Å². The molecule has 1 heterocycles. The van der Waals surface area contributed by atoms with Gasteiger partial charge >= 0.3 is 0 Å². The fourth-order valence-electron chi connectivity index (χ4n) is 1.69. The van der Waals surface area contributed by atoms with Gasteiger partial charge in [0.25, 0.3) is 5.91 Å². The molecule has 0 saturated heterocycles. The highest BCUT2D eigenvalue weighted by atomic mass is 79.9. The van der Waals surface area contributed by atoms with Crippen LogP contribution in [0.5, 0.6) is 0 Å². The summed E-state index contributed by atoms with van der Waals surface area (Å²) in [5, 5.41) is 0. The van der Waals surface area contributed by atoms with Crippen molar-refractivity contribution in [3.63, 3.8) is 0 Å². The van der Waals surface area contributed by atoms with Crippen molar-refractivity contribution in [1.29, 1.82) is 0 Å². The third kappa shape index (κ3) is 3.54. The zero-order valence-electron chi connectivity index (χ0n) is 10.5. The number of anilines is 1. The molecule has 2 N–H and O–H groups in total. The fraction of sp³-hybridized carbons (Fsp3) is 0.143. The molecule has 0 radical (unpaired) electrons. The molecule has 0 bridgehead atoms. The molecule has 1 aromatic heterocycles. The molecular formula is C14H14BrN3O. The number of benzene rings is 1. The highest BCUT2D eigenvalue weighted by molar-refractivity contribution is 9.10. The largest absolute Gasteiger partial charge is 0.384 e. The lowest BCUT2D eigenvalue weighted by Gasteiger charge is -2.17. The molecule has 2 rings (SSSR count). The molecule has 4 nitrogen and oxygen atoms in total. The molecule has 0 aliphatic rings. The van der Waals surface area contributed by atoms with Gasteiger partial charge in [0.2, 0.25) is 0 Å². The molecule has 5 heteroatoms. The Bertz CT molecular complexity index is 566. The van der Waals surface area contributed by atoms with Crippen molar-refractivity contribution in [3.05, 3.63) is 58.2 Å². The van der Waals surface area contributed by atoms with Crippen molar-refractivity contribution in [2.24, 2.45) is 0 Å². The van der Waals surface area contributed by atoms with Crippen LogP contribution in [0.1, 0.15) is 15.9 Å². The van der Waals surface area contributed by atoms with E-state index >= 15 is 0 Å². The van der Waals surface area contributed by atoms with Gasteiger partial charge in [0.1, 0.15) is 5.82 Å². The molecule has 0 spiro atoms. The van der Waals surface area contributed by atoms with Crippen molar-refractivity contribution in [1.82, 2.24) is 9.88 Å². The van der Waals surface area contributed by atoms with Gasteiger partial charge in [-0.25, -0.2) is 4.98 Å². The number of rotatable bonds is 3. The number of halogens is 1. The first-order valence-corrected chi connectivity index (χ1v) is 6.57. The minimum absolute atomic E-state index is 0.0737. The summed E-state index contributed by atoms with van der Waals surface area (Å²) in [7, 11) is 1.76. The van der Waals surface area contributed by atoms with E-state index in [1.54, 1.807) is 24.1 Å². The molecular weight excluding hydrogens is 306 g/mol. The number of hydrogen-bond acceptors (Lipinski definition) is 3. The average molecular weight is 320 g/mol. The summed E-state index contributed by atoms with van der Waals surface area (Å²) < 4.78 is 1.02. The summed E-state index contributed by atoms with van der Waals surface area (Å²) in [4.78, 5) is 17.7. The van der Waals surface area contributed by atoms with Gasteiger partial charge in [-0.2, -0.15) is 0 Å². The molecule has 0 aliphatic heterocycles. The second kappa shape index (κ2) is 5.84. The van der Waals surface area contributed by atoms with E-state index < -0.39 is 0 Å². The summed E-state index contributed by atoms with van der Waals surface area (Å²) in [6, 6.07) is 11.2. The number of nitrogens with zero attached hydrogens (tertiary/aromatic N) is 2. The lowest BCUT2D eigenvalue weighted by molar-refractivity contribution is 0.0784. The van der Waals surface area contributed by atoms with Crippen molar-refractivity contribution in [2.45, 2.75) is 6.54 Å². The smallest absolute Gasteiger partial charge is 0.255 e. The topological polar surface area (TPSA) is 59.2 Å². The Morgan fingerprint density at radius 2 is 1.95 bits per heavy atom. The second-order valence-electron chi connectivity index (χ2n) is 4.26. The van der Waals surface area contributed by atoms with Crippen LogP contribution in [0.15, 0.2) is 47.1 Å². The minimum Gasteiger partial charge on any atom is -0.384 e. The third-order valence-electron chi connectivity index (χ3n) is 2.71. The number of nitrogens with two attached hydrogens (primary N) is 1. The Labute approximate surface area is 120 Å². The highest BCUT2D eigenvalue weighted by Crippen LogP contribution is 2.13. The Kier molecular flexibility index (Phi) is 4.16. The van der Waals surface area contributed by atoms with Crippen LogP contribution in [-0.4, -0.2) is 22.8 Å². The summed E-state index contributed by atoms with van der Waals surface area (Å²) in [5.74, 6) is 0.336. The van der Waals surface area contributed by atoms with E-state index in [2.05, 4.69) is 20.9 Å². The predicted octanol–water partition coefficient (Wildman–Crippen LogP) is 2.70. The van der Waals surface area contributed by atoms with Crippen molar-refractivity contribution in [2.75, 3.05) is 12.8 Å². The van der Waals surface area contributed by atoms with E-state index in [-0.39, 0.29) is 5.91 Å². The molecule has 0 aliphatic carbocycles. The monoisotopic (exact) mass is 319 g/mol. The van der Waals surface area contributed by atoms with Crippen LogP contribution in [0.4, 0.5) is 5.82 Å². The van der Waals surface area contributed by atoms with E-state index in [0.717, 1.165) is 10.0 Å². The molecule has 98 valence electrons. The van der Waals surface area contributed by atoms with Crippen LogP contribution >= 0.6 is 15.9 Å². The maximum absolute atomic E-state index is 12.2. The van der Waals surface area contributed by atoms with Gasteiger partial charge in [-0.15, -0.1) is 0 Å². The van der Waals surface area contributed by atoms with Gasteiger partial charge in [-0.3, -0.25) is 4.79 Å². The average Bonchev–Trinajstić information content (AvgIpc) is 2.41. The lowest BCUT2D eigenvalue weighted by atomic mass is 10.2. The summed E-state index contributed by atoms with van der Waals surface area (Å²) in [6.45, 7) is 0.552. The van der Waals surface area contributed by atoms with E-state index in [0.29, 0.717) is 17.9 Å². The molecule has 1 aromatic carbocycles. The molecule has 0 fully saturated rings. The number of hydrogen-bond donors (Lipinski definition) is 1. The number of aromatic nitrogens is 1. The van der Waals surface area contributed by atoms with Crippen LogP contribution in [0.3, 0.4) is 0 Å². The fourth-order valence-corrected chi connectivity index (χ4v) is 1.95. The van der Waals surface area contributed by atoms with E-state index in [4.69, 9.17) is 5.73 Å². The number of amides is 1. The van der Waals surface area contributed by atoms with Gasteiger partial charge in [0.15, 0.2) is 0 Å². The maximum Gasteiger partial charge on any atom is 0.255 e. The SMILES string of the molecule is CN(Cc1ccc(Br)cc1)C(=O)c1ccc(N)nc1. The van der Waals surface area contributed by atoms with Crippen LogP contribution in [0.25, 0.3) is 0 Å². The van der Waals surface area contributed by atoms with E-state index in [1.807, 2.05) is 24.3 Å². The molecule has 0 atom stereocenters. The Hall–Kier alpha value is -1.88. The predicted molar refractivity (Wildman–Crippen MR) is 78.6 cm³/mol. The number of pyridine rings is 1. The van der Waals surface area contributed by atoms with E-state index in [1.165, 1.54) is 6.20 Å². The van der Waals surface area contributed by atoms with Gasteiger partial charge < -0.3 is 10.6 Å². The van der Waals surface area contributed by atoms with Gasteiger partial charge in [-0.1, -0.05) is 28.1 Å². The number of carbonyl (C=O) groups excluding carboxylic acids is 1. The Morgan fingerprint density at radius 3 is 2.53 bits per heavy atom. The second-order valence-corrected chi connectivity index (χ2v) is 5.18.